The van der Waals surface area contributed by atoms with Gasteiger partial charge in [-0.25, -0.2) is 0 Å². The van der Waals surface area contributed by atoms with Crippen molar-refractivity contribution < 1.29 is 14.3 Å². The predicted octanol–water partition coefficient (Wildman–Crippen LogP) is 2.02. The fourth-order valence-electron chi connectivity index (χ4n) is 3.77. The van der Waals surface area contributed by atoms with Gasteiger partial charge in [0.25, 0.3) is 0 Å². The number of morpholine rings is 1. The Morgan fingerprint density at radius 3 is 2.41 bits per heavy atom. The topological polar surface area (TPSA) is 70.7 Å². The highest BCUT2D eigenvalue weighted by Gasteiger charge is 2.19. The Balaban J connectivity index is 1.33. The largest absolute Gasteiger partial charge is 0.378 e. The van der Waals surface area contributed by atoms with Crippen molar-refractivity contribution in [2.75, 3.05) is 37.7 Å². The number of hydrogen-bond donors (Lipinski definition) is 2. The van der Waals surface area contributed by atoms with Gasteiger partial charge in [0, 0.05) is 31.4 Å². The van der Waals surface area contributed by atoms with Gasteiger partial charge in [-0.05, 0) is 43.4 Å². The Labute approximate surface area is 161 Å². The lowest BCUT2D eigenvalue weighted by atomic mass is 9.95. The molecule has 0 atom stereocenters. The number of aryl methyl sites for hydroxylation is 1. The number of carbonyl (C=O) groups is 2. The zero-order chi connectivity index (χ0) is 18.9. The molecule has 1 aliphatic carbocycles. The van der Waals surface area contributed by atoms with E-state index in [-0.39, 0.29) is 6.04 Å². The molecular formula is C21H31N3O3. The molecule has 2 N–H and O–H groups in total. The molecule has 27 heavy (non-hydrogen) atoms. The van der Waals surface area contributed by atoms with Crippen LogP contribution in [-0.2, 0) is 20.7 Å². The van der Waals surface area contributed by atoms with Gasteiger partial charge in [-0.3, -0.25) is 9.59 Å². The lowest BCUT2D eigenvalue weighted by Gasteiger charge is -2.28. The lowest BCUT2D eigenvalue weighted by Crippen LogP contribution is -2.45. The van der Waals surface area contributed by atoms with E-state index in [0.717, 1.165) is 64.8 Å². The average molecular weight is 373 g/mol. The van der Waals surface area contributed by atoms with Gasteiger partial charge in [-0.15, -0.1) is 0 Å². The van der Waals surface area contributed by atoms with Crippen molar-refractivity contribution in [2.24, 2.45) is 0 Å². The second-order valence-corrected chi connectivity index (χ2v) is 7.43. The first kappa shape index (κ1) is 19.7. The molecule has 1 saturated heterocycles. The summed E-state index contributed by atoms with van der Waals surface area (Å²) in [6.45, 7) is 3.97. The first-order chi connectivity index (χ1) is 13.2. The first-order valence-electron chi connectivity index (χ1n) is 10.2. The SMILES string of the molecule is O=C(NCCCc1ccc(N2CCOCC2)cc1)C(=O)NC1CCCCC1. The molecule has 1 heterocycles. The molecule has 0 spiro atoms. The molecule has 2 fully saturated rings. The summed E-state index contributed by atoms with van der Waals surface area (Å²) in [7, 11) is 0. The van der Waals surface area contributed by atoms with E-state index in [2.05, 4.69) is 39.8 Å². The number of carbonyl (C=O) groups excluding carboxylic acids is 2. The number of amides is 2. The number of nitrogens with one attached hydrogen (secondary N) is 2. The van der Waals surface area contributed by atoms with Gasteiger partial charge >= 0.3 is 11.8 Å². The average Bonchev–Trinajstić information content (AvgIpc) is 2.73. The van der Waals surface area contributed by atoms with Crippen LogP contribution in [0.3, 0.4) is 0 Å². The van der Waals surface area contributed by atoms with Gasteiger partial charge in [-0.2, -0.15) is 0 Å². The Morgan fingerprint density at radius 1 is 1.00 bits per heavy atom. The molecule has 2 aliphatic rings. The molecule has 0 radical (unpaired) electrons. The second-order valence-electron chi connectivity index (χ2n) is 7.43. The minimum Gasteiger partial charge on any atom is -0.378 e. The number of ether oxygens (including phenoxy) is 1. The number of rotatable bonds is 6. The molecule has 1 saturated carbocycles. The number of benzene rings is 1. The zero-order valence-electron chi connectivity index (χ0n) is 16.0. The van der Waals surface area contributed by atoms with Crippen LogP contribution in [0, 0.1) is 0 Å². The van der Waals surface area contributed by atoms with E-state index < -0.39 is 11.8 Å². The van der Waals surface area contributed by atoms with E-state index in [1.165, 1.54) is 17.7 Å². The molecule has 2 amide bonds. The molecule has 1 aromatic carbocycles. The minimum atomic E-state index is -0.511. The summed E-state index contributed by atoms with van der Waals surface area (Å²) >= 11 is 0. The van der Waals surface area contributed by atoms with Crippen molar-refractivity contribution in [3.63, 3.8) is 0 Å². The molecule has 1 aliphatic heterocycles. The highest BCUT2D eigenvalue weighted by molar-refractivity contribution is 6.35. The molecule has 6 heteroatoms. The quantitative estimate of drug-likeness (QED) is 0.591. The van der Waals surface area contributed by atoms with Gasteiger partial charge in [0.15, 0.2) is 0 Å². The van der Waals surface area contributed by atoms with Gasteiger partial charge in [0.05, 0.1) is 13.2 Å². The van der Waals surface area contributed by atoms with Crippen LogP contribution < -0.4 is 15.5 Å². The highest BCUT2D eigenvalue weighted by Crippen LogP contribution is 2.18. The van der Waals surface area contributed by atoms with Crippen LogP contribution in [0.15, 0.2) is 24.3 Å². The Hall–Kier alpha value is -2.08. The summed E-state index contributed by atoms with van der Waals surface area (Å²) in [4.78, 5) is 26.2. The third-order valence-electron chi connectivity index (χ3n) is 5.39. The monoisotopic (exact) mass is 373 g/mol. The van der Waals surface area contributed by atoms with Gasteiger partial charge in [0.2, 0.25) is 0 Å². The maximum absolute atomic E-state index is 11.9. The second kappa shape index (κ2) is 10.3. The van der Waals surface area contributed by atoms with Crippen molar-refractivity contribution in [3.05, 3.63) is 29.8 Å². The van der Waals surface area contributed by atoms with Gasteiger partial charge in [0.1, 0.15) is 0 Å². The molecule has 3 rings (SSSR count). The third kappa shape index (κ3) is 6.24. The van der Waals surface area contributed by atoms with Gasteiger partial charge in [-0.1, -0.05) is 31.4 Å². The predicted molar refractivity (Wildman–Crippen MR) is 106 cm³/mol. The van der Waals surface area contributed by atoms with Crippen LogP contribution >= 0.6 is 0 Å². The lowest BCUT2D eigenvalue weighted by molar-refractivity contribution is -0.139. The van der Waals surface area contributed by atoms with Crippen molar-refractivity contribution in [1.82, 2.24) is 10.6 Å². The van der Waals surface area contributed by atoms with Crippen LogP contribution in [-0.4, -0.2) is 50.7 Å². The standard InChI is InChI=1S/C21H31N3O3/c25-20(21(26)23-18-6-2-1-3-7-18)22-12-4-5-17-8-10-19(11-9-17)24-13-15-27-16-14-24/h8-11,18H,1-7,12-16H2,(H,22,25)(H,23,26). The van der Waals surface area contributed by atoms with E-state index in [9.17, 15) is 9.59 Å². The normalized spacial score (nSPS) is 18.1. The third-order valence-corrected chi connectivity index (χ3v) is 5.39. The summed E-state index contributed by atoms with van der Waals surface area (Å²) in [6.07, 6.45) is 7.17. The maximum atomic E-state index is 11.9. The summed E-state index contributed by atoms with van der Waals surface area (Å²) in [5, 5.41) is 5.58. The maximum Gasteiger partial charge on any atom is 0.309 e. The Morgan fingerprint density at radius 2 is 1.70 bits per heavy atom. The van der Waals surface area contributed by atoms with E-state index in [0.29, 0.717) is 6.54 Å². The number of anilines is 1. The molecule has 148 valence electrons. The fourth-order valence-corrected chi connectivity index (χ4v) is 3.77. The fraction of sp³-hybridized carbons (Fsp3) is 0.619. The molecule has 0 unspecified atom stereocenters. The van der Waals surface area contributed by atoms with Crippen LogP contribution in [0.2, 0.25) is 0 Å². The zero-order valence-corrected chi connectivity index (χ0v) is 16.0. The Kier molecular flexibility index (Phi) is 7.51. The number of nitrogens with zero attached hydrogens (tertiary/aromatic N) is 1. The van der Waals surface area contributed by atoms with Crippen molar-refractivity contribution in [1.29, 1.82) is 0 Å². The minimum absolute atomic E-state index is 0.169. The molecule has 0 bridgehead atoms. The van der Waals surface area contributed by atoms with E-state index in [1.807, 2.05) is 0 Å². The smallest absolute Gasteiger partial charge is 0.309 e. The van der Waals surface area contributed by atoms with Crippen molar-refractivity contribution >= 4 is 17.5 Å². The van der Waals surface area contributed by atoms with Crippen molar-refractivity contribution in [2.45, 2.75) is 51.0 Å². The first-order valence-corrected chi connectivity index (χ1v) is 10.2. The Bertz CT molecular complexity index is 606. The van der Waals surface area contributed by atoms with Crippen LogP contribution in [0.1, 0.15) is 44.1 Å². The van der Waals surface area contributed by atoms with Crippen LogP contribution in [0.5, 0.6) is 0 Å². The molecule has 1 aromatic rings. The van der Waals surface area contributed by atoms with Crippen LogP contribution in [0.4, 0.5) is 5.69 Å². The molecule has 0 aromatic heterocycles. The van der Waals surface area contributed by atoms with E-state index >= 15 is 0 Å². The highest BCUT2D eigenvalue weighted by atomic mass is 16.5. The van der Waals surface area contributed by atoms with Gasteiger partial charge < -0.3 is 20.3 Å². The number of hydrogen-bond acceptors (Lipinski definition) is 4. The van der Waals surface area contributed by atoms with E-state index in [4.69, 9.17) is 4.74 Å². The molecular weight excluding hydrogens is 342 g/mol. The van der Waals surface area contributed by atoms with Crippen molar-refractivity contribution in [3.8, 4) is 0 Å². The molecule has 6 nitrogen and oxygen atoms in total. The summed E-state index contributed by atoms with van der Waals surface area (Å²) in [5.41, 5.74) is 2.47. The summed E-state index contributed by atoms with van der Waals surface area (Å²) < 4.78 is 5.38. The summed E-state index contributed by atoms with van der Waals surface area (Å²) in [5.74, 6) is -1.000. The van der Waals surface area contributed by atoms with Crippen LogP contribution in [0.25, 0.3) is 0 Å². The summed E-state index contributed by atoms with van der Waals surface area (Å²) in [6, 6.07) is 8.75. The van der Waals surface area contributed by atoms with E-state index in [1.54, 1.807) is 0 Å².